The molecule has 0 heterocycles. The Bertz CT molecular complexity index is 585. The molecule has 1 unspecified atom stereocenters. The Morgan fingerprint density at radius 1 is 1.35 bits per heavy atom. The quantitative estimate of drug-likeness (QED) is 0.824. The lowest BCUT2D eigenvalue weighted by molar-refractivity contribution is -0.160. The topological polar surface area (TPSA) is 46.5 Å². The van der Waals surface area contributed by atoms with Gasteiger partial charge in [0.2, 0.25) is 0 Å². The van der Waals surface area contributed by atoms with E-state index in [1.807, 2.05) is 13.8 Å². The van der Waals surface area contributed by atoms with Crippen molar-refractivity contribution in [1.82, 2.24) is 0 Å². The van der Waals surface area contributed by atoms with Crippen molar-refractivity contribution in [2.75, 3.05) is 0 Å². The molecule has 0 radical (unpaired) electrons. The third kappa shape index (κ3) is 6.14. The van der Waals surface area contributed by atoms with Crippen LogP contribution in [0.2, 0.25) is 0 Å². The van der Waals surface area contributed by atoms with Crippen LogP contribution in [0.3, 0.4) is 0 Å². The summed E-state index contributed by atoms with van der Waals surface area (Å²) in [5.41, 5.74) is -0.339. The molecule has 1 aromatic rings. The molecule has 0 fully saturated rings. The van der Waals surface area contributed by atoms with E-state index in [4.69, 9.17) is 4.74 Å². The zero-order valence-electron chi connectivity index (χ0n) is 14.8. The molecule has 1 N–H and O–H groups in total. The Kier molecular flexibility index (Phi) is 6.11. The summed E-state index contributed by atoms with van der Waals surface area (Å²) >= 11 is 0. The van der Waals surface area contributed by atoms with Gasteiger partial charge in [0.1, 0.15) is 11.4 Å². The van der Waals surface area contributed by atoms with Gasteiger partial charge in [-0.15, -0.1) is 0 Å². The first-order valence-electron chi connectivity index (χ1n) is 7.82. The number of esters is 1. The SMILES string of the molecule is Cc1cc(F)ccc1C=CC(O)(CC(=O)OC(C)(C)C)C(C)C. The molecule has 3 nitrogen and oxygen atoms in total. The highest BCUT2D eigenvalue weighted by Crippen LogP contribution is 2.26. The summed E-state index contributed by atoms with van der Waals surface area (Å²) in [5.74, 6) is -0.922. The Morgan fingerprint density at radius 2 is 1.96 bits per heavy atom. The molecule has 0 aromatic heterocycles. The molecule has 0 saturated carbocycles. The van der Waals surface area contributed by atoms with Crippen LogP contribution in [0.4, 0.5) is 4.39 Å². The van der Waals surface area contributed by atoms with Gasteiger partial charge in [0.15, 0.2) is 0 Å². The van der Waals surface area contributed by atoms with Crippen LogP contribution in [0.5, 0.6) is 0 Å². The maximum Gasteiger partial charge on any atom is 0.309 e. The van der Waals surface area contributed by atoms with Crippen molar-refractivity contribution in [3.8, 4) is 0 Å². The second kappa shape index (κ2) is 7.26. The van der Waals surface area contributed by atoms with Gasteiger partial charge < -0.3 is 9.84 Å². The molecule has 0 amide bonds. The van der Waals surface area contributed by atoms with Crippen molar-refractivity contribution >= 4 is 12.0 Å². The minimum absolute atomic E-state index is 0.126. The number of benzene rings is 1. The van der Waals surface area contributed by atoms with E-state index in [0.29, 0.717) is 0 Å². The second-order valence-corrected chi connectivity index (χ2v) is 7.24. The smallest absolute Gasteiger partial charge is 0.309 e. The first kappa shape index (κ1) is 19.4. The third-order valence-electron chi connectivity index (χ3n) is 3.63. The van der Waals surface area contributed by atoms with Crippen LogP contribution in [-0.2, 0) is 9.53 Å². The number of carbonyl (C=O) groups is 1. The molecule has 128 valence electrons. The molecule has 0 spiro atoms. The van der Waals surface area contributed by atoms with E-state index < -0.39 is 17.2 Å². The number of aliphatic hydroxyl groups is 1. The van der Waals surface area contributed by atoms with Crippen LogP contribution in [0.1, 0.15) is 52.2 Å². The molecule has 0 bridgehead atoms. The average molecular weight is 322 g/mol. The van der Waals surface area contributed by atoms with Crippen LogP contribution in [-0.4, -0.2) is 22.3 Å². The maximum atomic E-state index is 13.1. The van der Waals surface area contributed by atoms with Gasteiger partial charge in [0.25, 0.3) is 0 Å². The van der Waals surface area contributed by atoms with Gasteiger partial charge >= 0.3 is 5.97 Å². The molecule has 0 aliphatic rings. The summed E-state index contributed by atoms with van der Waals surface area (Å²) in [7, 11) is 0. The van der Waals surface area contributed by atoms with E-state index >= 15 is 0 Å². The van der Waals surface area contributed by atoms with E-state index in [9.17, 15) is 14.3 Å². The highest BCUT2D eigenvalue weighted by atomic mass is 19.1. The number of hydrogen-bond donors (Lipinski definition) is 1. The van der Waals surface area contributed by atoms with E-state index in [0.717, 1.165) is 11.1 Å². The monoisotopic (exact) mass is 322 g/mol. The first-order valence-corrected chi connectivity index (χ1v) is 7.82. The van der Waals surface area contributed by atoms with Crippen molar-refractivity contribution in [2.45, 2.75) is 59.2 Å². The molecular weight excluding hydrogens is 295 g/mol. The number of ether oxygens (including phenoxy) is 1. The highest BCUT2D eigenvalue weighted by molar-refractivity contribution is 5.72. The molecule has 1 atom stereocenters. The molecule has 0 aliphatic heterocycles. The van der Waals surface area contributed by atoms with E-state index in [1.165, 1.54) is 12.1 Å². The van der Waals surface area contributed by atoms with Crippen molar-refractivity contribution in [3.63, 3.8) is 0 Å². The fourth-order valence-corrected chi connectivity index (χ4v) is 2.12. The third-order valence-corrected chi connectivity index (χ3v) is 3.63. The Morgan fingerprint density at radius 3 is 2.43 bits per heavy atom. The van der Waals surface area contributed by atoms with E-state index in [2.05, 4.69) is 0 Å². The Labute approximate surface area is 138 Å². The van der Waals surface area contributed by atoms with Crippen LogP contribution >= 0.6 is 0 Å². The van der Waals surface area contributed by atoms with E-state index in [1.54, 1.807) is 45.9 Å². The number of aryl methyl sites for hydroxylation is 1. The normalized spacial score (nSPS) is 15.0. The van der Waals surface area contributed by atoms with Gasteiger partial charge in [-0.05, 0) is 56.9 Å². The van der Waals surface area contributed by atoms with Crippen molar-refractivity contribution in [1.29, 1.82) is 0 Å². The van der Waals surface area contributed by atoms with Gasteiger partial charge in [0.05, 0.1) is 12.0 Å². The molecular formula is C19H27FO3. The molecule has 4 heteroatoms. The molecule has 1 aromatic carbocycles. The summed E-state index contributed by atoms with van der Waals surface area (Å²) in [6.07, 6.45) is 3.19. The summed E-state index contributed by atoms with van der Waals surface area (Å²) < 4.78 is 18.4. The lowest BCUT2D eigenvalue weighted by Gasteiger charge is -2.30. The molecule has 1 rings (SSSR count). The molecule has 23 heavy (non-hydrogen) atoms. The largest absolute Gasteiger partial charge is 0.460 e. The first-order chi connectivity index (χ1) is 10.4. The second-order valence-electron chi connectivity index (χ2n) is 7.24. The van der Waals surface area contributed by atoms with Crippen molar-refractivity contribution < 1.29 is 19.0 Å². The minimum Gasteiger partial charge on any atom is -0.460 e. The van der Waals surface area contributed by atoms with E-state index in [-0.39, 0.29) is 18.2 Å². The van der Waals surface area contributed by atoms with Crippen molar-refractivity contribution in [2.24, 2.45) is 5.92 Å². The van der Waals surface area contributed by atoms with Crippen molar-refractivity contribution in [3.05, 3.63) is 41.2 Å². The van der Waals surface area contributed by atoms with Gasteiger partial charge in [-0.2, -0.15) is 0 Å². The Hall–Kier alpha value is -1.68. The zero-order chi connectivity index (χ0) is 17.8. The van der Waals surface area contributed by atoms with Gasteiger partial charge in [-0.3, -0.25) is 4.79 Å². The lowest BCUT2D eigenvalue weighted by atomic mass is 9.86. The summed E-state index contributed by atoms with van der Waals surface area (Å²) in [4.78, 5) is 12.0. The number of carbonyl (C=O) groups excluding carboxylic acids is 1. The summed E-state index contributed by atoms with van der Waals surface area (Å²) in [6.45, 7) is 10.8. The molecule has 0 aliphatic carbocycles. The van der Waals surface area contributed by atoms with Crippen LogP contribution in [0, 0.1) is 18.7 Å². The van der Waals surface area contributed by atoms with Gasteiger partial charge in [0, 0.05) is 0 Å². The van der Waals surface area contributed by atoms with Gasteiger partial charge in [-0.1, -0.05) is 32.1 Å². The molecule has 0 saturated heterocycles. The van der Waals surface area contributed by atoms with Crippen LogP contribution < -0.4 is 0 Å². The minimum atomic E-state index is -1.32. The summed E-state index contributed by atoms with van der Waals surface area (Å²) in [5, 5.41) is 10.8. The van der Waals surface area contributed by atoms with Crippen LogP contribution in [0.25, 0.3) is 6.08 Å². The number of halogens is 1. The van der Waals surface area contributed by atoms with Gasteiger partial charge in [-0.25, -0.2) is 4.39 Å². The predicted octanol–water partition coefficient (Wildman–Crippen LogP) is 4.27. The fourth-order valence-electron chi connectivity index (χ4n) is 2.12. The summed E-state index contributed by atoms with van der Waals surface area (Å²) in [6, 6.07) is 4.45. The Balaban J connectivity index is 2.96. The standard InChI is InChI=1S/C19H27FO3/c1-13(2)19(22,12-17(21)23-18(4,5)6)10-9-15-7-8-16(20)11-14(15)3/h7-11,13,22H,12H2,1-6H3. The number of rotatable bonds is 5. The fraction of sp³-hybridized carbons (Fsp3) is 0.526. The highest BCUT2D eigenvalue weighted by Gasteiger charge is 2.33. The zero-order valence-corrected chi connectivity index (χ0v) is 14.8. The maximum absolute atomic E-state index is 13.1. The van der Waals surface area contributed by atoms with Crippen LogP contribution in [0.15, 0.2) is 24.3 Å². The number of hydrogen-bond acceptors (Lipinski definition) is 3. The predicted molar refractivity (Wildman–Crippen MR) is 90.4 cm³/mol. The average Bonchev–Trinajstić information content (AvgIpc) is 2.34. The lowest BCUT2D eigenvalue weighted by Crippen LogP contribution is -2.37.